The van der Waals surface area contributed by atoms with E-state index in [0.29, 0.717) is 12.4 Å². The second-order valence-corrected chi connectivity index (χ2v) is 8.60. The number of unbranched alkanes of at least 4 members (excludes halogenated alkanes) is 9. The summed E-state index contributed by atoms with van der Waals surface area (Å²) in [6, 6.07) is 9.65. The molecule has 30 heavy (non-hydrogen) atoms. The quantitative estimate of drug-likeness (QED) is 0.415. The molecule has 1 aromatic heterocycles. The van der Waals surface area contributed by atoms with Gasteiger partial charge in [-0.05, 0) is 28.3 Å². The molecule has 0 bridgehead atoms. The molecule has 0 saturated heterocycles. The zero-order chi connectivity index (χ0) is 21.8. The van der Waals surface area contributed by atoms with Gasteiger partial charge in [0, 0.05) is 6.54 Å². The number of carbonyl (C=O) groups is 1. The van der Waals surface area contributed by atoms with E-state index in [0.717, 1.165) is 18.4 Å². The molecule has 2 aromatic rings. The molecule has 1 heterocycles. The number of carbonyl (C=O) groups excluding carboxylic acids is 1. The van der Waals surface area contributed by atoms with Crippen LogP contribution in [0.1, 0.15) is 96.4 Å². The second-order valence-electron chi connectivity index (χ2n) is 8.60. The van der Waals surface area contributed by atoms with Crippen molar-refractivity contribution in [1.82, 2.24) is 20.2 Å². The van der Waals surface area contributed by atoms with Crippen molar-refractivity contribution >= 4 is 5.91 Å². The van der Waals surface area contributed by atoms with E-state index < -0.39 is 11.3 Å². The van der Waals surface area contributed by atoms with Gasteiger partial charge in [0.2, 0.25) is 5.91 Å². The molecule has 0 radical (unpaired) electrons. The van der Waals surface area contributed by atoms with Crippen LogP contribution in [0.15, 0.2) is 30.3 Å². The van der Waals surface area contributed by atoms with E-state index in [1.54, 1.807) is 4.68 Å². The van der Waals surface area contributed by atoms with Gasteiger partial charge in [-0.3, -0.25) is 4.79 Å². The molecule has 6 nitrogen and oxygen atoms in total. The van der Waals surface area contributed by atoms with E-state index in [1.807, 2.05) is 44.2 Å². The summed E-state index contributed by atoms with van der Waals surface area (Å²) in [5.41, 5.74) is 5.77. The molecular formula is C24H39N5O. The second kappa shape index (κ2) is 12.5. The molecule has 0 aliphatic rings. The van der Waals surface area contributed by atoms with E-state index in [-0.39, 0.29) is 5.92 Å². The van der Waals surface area contributed by atoms with Crippen LogP contribution in [0.25, 0.3) is 0 Å². The highest BCUT2D eigenvalue weighted by Gasteiger charge is 2.48. The van der Waals surface area contributed by atoms with E-state index in [4.69, 9.17) is 5.73 Å². The highest BCUT2D eigenvalue weighted by molar-refractivity contribution is 5.90. The van der Waals surface area contributed by atoms with Crippen molar-refractivity contribution in [3.05, 3.63) is 41.7 Å². The van der Waals surface area contributed by atoms with Gasteiger partial charge in [0.15, 0.2) is 5.82 Å². The minimum atomic E-state index is -1.04. The number of rotatable bonds is 15. The first-order chi connectivity index (χ1) is 14.5. The summed E-state index contributed by atoms with van der Waals surface area (Å²) in [6.45, 7) is 6.95. The summed E-state index contributed by atoms with van der Waals surface area (Å²) in [4.78, 5) is 12.8. The number of primary amides is 1. The van der Waals surface area contributed by atoms with Gasteiger partial charge in [0.25, 0.3) is 0 Å². The molecule has 2 N–H and O–H groups in total. The Labute approximate surface area is 181 Å². The Morgan fingerprint density at radius 1 is 0.967 bits per heavy atom. The van der Waals surface area contributed by atoms with Crippen LogP contribution in [-0.4, -0.2) is 26.1 Å². The molecule has 1 aromatic carbocycles. The third-order valence-electron chi connectivity index (χ3n) is 6.09. The number of nitrogens with zero attached hydrogens (tertiary/aromatic N) is 4. The first-order valence-corrected chi connectivity index (χ1v) is 11.7. The highest BCUT2D eigenvalue weighted by atomic mass is 16.1. The molecule has 0 spiro atoms. The summed E-state index contributed by atoms with van der Waals surface area (Å²) in [7, 11) is 0. The zero-order valence-electron chi connectivity index (χ0n) is 19.0. The number of hydrogen-bond acceptors (Lipinski definition) is 4. The maximum atomic E-state index is 12.8. The monoisotopic (exact) mass is 413 g/mol. The van der Waals surface area contributed by atoms with E-state index in [9.17, 15) is 4.79 Å². The number of tetrazole rings is 1. The largest absolute Gasteiger partial charge is 0.368 e. The molecule has 6 heteroatoms. The lowest BCUT2D eigenvalue weighted by Crippen LogP contribution is -2.48. The standard InChI is InChI=1S/C24H39N5O/c1-4-5-6-7-8-9-10-11-12-16-19-29-23(26-27-28-29)24(20(2)3,22(25)30)21-17-14-13-15-18-21/h13-15,17-18,20H,4-12,16,19H2,1-3H3,(H2,25,30). The molecule has 0 aliphatic carbocycles. The van der Waals surface area contributed by atoms with Gasteiger partial charge < -0.3 is 5.73 Å². The molecule has 0 aliphatic heterocycles. The Morgan fingerprint density at radius 3 is 2.07 bits per heavy atom. The predicted octanol–water partition coefficient (Wildman–Crippen LogP) is 5.02. The lowest BCUT2D eigenvalue weighted by molar-refractivity contribution is -0.123. The first kappa shape index (κ1) is 24.0. The minimum absolute atomic E-state index is 0.0742. The van der Waals surface area contributed by atoms with Crippen molar-refractivity contribution in [2.24, 2.45) is 11.7 Å². The normalized spacial score (nSPS) is 13.5. The Hall–Kier alpha value is -2.24. The van der Waals surface area contributed by atoms with Crippen LogP contribution in [0.5, 0.6) is 0 Å². The number of aryl methyl sites for hydroxylation is 1. The van der Waals surface area contributed by atoms with Crippen molar-refractivity contribution in [1.29, 1.82) is 0 Å². The SMILES string of the molecule is CCCCCCCCCCCCn1nnnc1C(C(N)=O)(c1ccccc1)C(C)C. The third-order valence-corrected chi connectivity index (χ3v) is 6.09. The van der Waals surface area contributed by atoms with Crippen molar-refractivity contribution in [2.75, 3.05) is 0 Å². The summed E-state index contributed by atoms with van der Waals surface area (Å²) in [6.07, 6.45) is 12.7. The van der Waals surface area contributed by atoms with Gasteiger partial charge in [0.05, 0.1) is 0 Å². The third kappa shape index (κ3) is 5.89. The molecule has 1 unspecified atom stereocenters. The zero-order valence-corrected chi connectivity index (χ0v) is 19.0. The van der Waals surface area contributed by atoms with Crippen molar-refractivity contribution in [3.8, 4) is 0 Å². The number of benzene rings is 1. The Balaban J connectivity index is 1.97. The maximum absolute atomic E-state index is 12.8. The number of nitrogens with two attached hydrogens (primary N) is 1. The summed E-state index contributed by atoms with van der Waals surface area (Å²) in [5.74, 6) is 0.0600. The molecule has 1 amide bonds. The lowest BCUT2D eigenvalue weighted by atomic mass is 9.70. The minimum Gasteiger partial charge on any atom is -0.368 e. The fraction of sp³-hybridized carbons (Fsp3) is 0.667. The van der Waals surface area contributed by atoms with Gasteiger partial charge in [0.1, 0.15) is 5.41 Å². The first-order valence-electron chi connectivity index (χ1n) is 11.7. The van der Waals surface area contributed by atoms with Crippen LogP contribution in [0.2, 0.25) is 0 Å². The smallest absolute Gasteiger partial charge is 0.236 e. The Morgan fingerprint density at radius 2 is 1.53 bits per heavy atom. The molecule has 1 atom stereocenters. The summed E-state index contributed by atoms with van der Waals surface area (Å²) in [5, 5.41) is 12.4. The maximum Gasteiger partial charge on any atom is 0.236 e. The van der Waals surface area contributed by atoms with Crippen molar-refractivity contribution < 1.29 is 4.79 Å². The van der Waals surface area contributed by atoms with Gasteiger partial charge in [-0.15, -0.1) is 5.10 Å². The number of hydrogen-bond donors (Lipinski definition) is 1. The lowest BCUT2D eigenvalue weighted by Gasteiger charge is -2.33. The Bertz CT molecular complexity index is 743. The average Bonchev–Trinajstić information content (AvgIpc) is 3.19. The van der Waals surface area contributed by atoms with Crippen LogP contribution in [0.3, 0.4) is 0 Å². The van der Waals surface area contributed by atoms with Crippen LogP contribution < -0.4 is 5.73 Å². The van der Waals surface area contributed by atoms with Gasteiger partial charge >= 0.3 is 0 Å². The van der Waals surface area contributed by atoms with Crippen LogP contribution in [-0.2, 0) is 16.8 Å². The number of amides is 1. The Kier molecular flexibility index (Phi) is 9.98. The number of aromatic nitrogens is 4. The molecule has 2 rings (SSSR count). The topological polar surface area (TPSA) is 86.7 Å². The molecule has 0 saturated carbocycles. The van der Waals surface area contributed by atoms with Crippen molar-refractivity contribution in [3.63, 3.8) is 0 Å². The fourth-order valence-corrected chi connectivity index (χ4v) is 4.35. The molecule has 166 valence electrons. The van der Waals surface area contributed by atoms with Gasteiger partial charge in [-0.2, -0.15) is 0 Å². The summed E-state index contributed by atoms with van der Waals surface area (Å²) >= 11 is 0. The summed E-state index contributed by atoms with van der Waals surface area (Å²) < 4.78 is 1.78. The van der Waals surface area contributed by atoms with E-state index >= 15 is 0 Å². The van der Waals surface area contributed by atoms with Gasteiger partial charge in [-0.25, -0.2) is 4.68 Å². The van der Waals surface area contributed by atoms with Crippen LogP contribution >= 0.6 is 0 Å². The molecular weight excluding hydrogens is 374 g/mol. The van der Waals surface area contributed by atoms with Crippen molar-refractivity contribution in [2.45, 2.75) is 96.9 Å². The fourth-order valence-electron chi connectivity index (χ4n) is 4.35. The van der Waals surface area contributed by atoms with E-state index in [1.165, 1.54) is 51.4 Å². The highest BCUT2D eigenvalue weighted by Crippen LogP contribution is 2.37. The van der Waals surface area contributed by atoms with Crippen LogP contribution in [0.4, 0.5) is 0 Å². The average molecular weight is 414 g/mol. The van der Waals surface area contributed by atoms with E-state index in [2.05, 4.69) is 22.4 Å². The predicted molar refractivity (Wildman–Crippen MR) is 121 cm³/mol. The molecule has 0 fully saturated rings. The van der Waals surface area contributed by atoms with Crippen LogP contribution in [0, 0.1) is 5.92 Å². The van der Waals surface area contributed by atoms with Gasteiger partial charge in [-0.1, -0.05) is 109 Å².